The summed E-state index contributed by atoms with van der Waals surface area (Å²) in [7, 11) is 0. The average molecular weight is 172 g/mol. The highest BCUT2D eigenvalue weighted by atomic mass is 13.8. The first-order chi connectivity index (χ1) is 6.50. The van der Waals surface area contributed by atoms with Crippen molar-refractivity contribution >= 4 is 0 Å². The van der Waals surface area contributed by atoms with Crippen LogP contribution in [0, 0.1) is 0 Å². The number of hydrogen-bond donors (Lipinski definition) is 0. The molecule has 1 rings (SSSR count). The van der Waals surface area contributed by atoms with Gasteiger partial charge in [0.2, 0.25) is 0 Å². The number of rotatable bonds is 0. The molecule has 0 N–H and O–H groups in total. The quantitative estimate of drug-likeness (QED) is 0.519. The van der Waals surface area contributed by atoms with Gasteiger partial charge >= 0.3 is 0 Å². The summed E-state index contributed by atoms with van der Waals surface area (Å²) in [5, 5.41) is 0. The summed E-state index contributed by atoms with van der Waals surface area (Å²) in [5.74, 6) is 0. The van der Waals surface area contributed by atoms with Gasteiger partial charge in [-0.15, -0.1) is 0 Å². The van der Waals surface area contributed by atoms with Crippen molar-refractivity contribution in [2.75, 3.05) is 0 Å². The molecular weight excluding hydrogens is 156 g/mol. The van der Waals surface area contributed by atoms with E-state index < -0.39 is 0 Å². The van der Waals surface area contributed by atoms with Gasteiger partial charge in [0.25, 0.3) is 0 Å². The van der Waals surface area contributed by atoms with Crippen molar-refractivity contribution in [3.05, 3.63) is 60.8 Å². The van der Waals surface area contributed by atoms with Crippen LogP contribution in [0.5, 0.6) is 0 Å². The van der Waals surface area contributed by atoms with Crippen molar-refractivity contribution in [1.29, 1.82) is 0 Å². The second-order valence-electron chi connectivity index (χ2n) is 2.94. The van der Waals surface area contributed by atoms with Gasteiger partial charge in [-0.3, -0.25) is 0 Å². The zero-order valence-corrected chi connectivity index (χ0v) is 7.89. The molecule has 0 aromatic heterocycles. The minimum atomic E-state index is 1.17. The maximum atomic E-state index is 2.21. The van der Waals surface area contributed by atoms with Gasteiger partial charge in [-0.1, -0.05) is 60.8 Å². The van der Waals surface area contributed by atoms with E-state index in [1.54, 1.807) is 0 Å². The number of hydrogen-bond acceptors (Lipinski definition) is 0. The van der Waals surface area contributed by atoms with E-state index in [9.17, 15) is 0 Å². The third-order valence-corrected chi connectivity index (χ3v) is 1.79. The van der Waals surface area contributed by atoms with E-state index in [2.05, 4.69) is 36.5 Å². The van der Waals surface area contributed by atoms with Gasteiger partial charge in [-0.2, -0.15) is 0 Å². The van der Waals surface area contributed by atoms with Gasteiger partial charge in [0, 0.05) is 0 Å². The molecule has 13 heavy (non-hydrogen) atoms. The Bertz CT molecular complexity index is 223. The molecule has 0 bridgehead atoms. The van der Waals surface area contributed by atoms with Crippen molar-refractivity contribution in [3.8, 4) is 0 Å². The molecule has 0 spiro atoms. The highest BCUT2D eigenvalue weighted by molar-refractivity contribution is 5.18. The van der Waals surface area contributed by atoms with Crippen LogP contribution < -0.4 is 0 Å². The lowest BCUT2D eigenvalue weighted by atomic mass is 10.2. The average Bonchev–Trinajstić information content (AvgIpc) is 2.18. The fraction of sp³-hybridized carbons (Fsp3) is 0.231. The van der Waals surface area contributed by atoms with Crippen LogP contribution in [0.2, 0.25) is 0 Å². The summed E-state index contributed by atoms with van der Waals surface area (Å²) >= 11 is 0. The van der Waals surface area contributed by atoms with E-state index in [4.69, 9.17) is 0 Å². The molecule has 0 amide bonds. The van der Waals surface area contributed by atoms with E-state index in [0.29, 0.717) is 0 Å². The normalized spacial score (nSPS) is 25.2. The molecule has 0 nitrogen and oxygen atoms in total. The fourth-order valence-corrected chi connectivity index (χ4v) is 1.09. The van der Waals surface area contributed by atoms with E-state index in [-0.39, 0.29) is 0 Å². The number of allylic oxidation sites excluding steroid dienone is 10. The molecule has 0 fully saturated rings. The SMILES string of the molecule is C1=C/C=C\C=C/CCC/C=C/C=C1. The largest absolute Gasteiger partial charge is 0.0845 e. The second kappa shape index (κ2) is 7.35. The molecule has 68 valence electrons. The molecule has 0 atom stereocenters. The molecule has 0 aromatic carbocycles. The summed E-state index contributed by atoms with van der Waals surface area (Å²) in [6, 6.07) is 0. The first kappa shape index (κ1) is 9.79. The molecule has 0 unspecified atom stereocenters. The van der Waals surface area contributed by atoms with Crippen LogP contribution in [-0.4, -0.2) is 0 Å². The second-order valence-corrected chi connectivity index (χ2v) is 2.94. The first-order valence-corrected chi connectivity index (χ1v) is 4.82. The molecule has 0 saturated heterocycles. The molecule has 0 radical (unpaired) electrons. The summed E-state index contributed by atoms with van der Waals surface area (Å²) in [6.07, 6.45) is 24.5. The van der Waals surface area contributed by atoms with Crippen molar-refractivity contribution in [2.45, 2.75) is 19.3 Å². The Labute approximate surface area is 80.7 Å². The predicted molar refractivity (Wildman–Crippen MR) is 59.6 cm³/mol. The van der Waals surface area contributed by atoms with Crippen molar-refractivity contribution in [3.63, 3.8) is 0 Å². The van der Waals surface area contributed by atoms with Gasteiger partial charge < -0.3 is 0 Å². The molecule has 0 heterocycles. The smallest absolute Gasteiger partial charge is 0.0345 e. The maximum absolute atomic E-state index is 2.21. The first-order valence-electron chi connectivity index (χ1n) is 4.82. The van der Waals surface area contributed by atoms with Crippen LogP contribution in [0.1, 0.15) is 19.3 Å². The Morgan fingerprint density at radius 2 is 0.846 bits per heavy atom. The summed E-state index contributed by atoms with van der Waals surface area (Å²) in [5.41, 5.74) is 0. The van der Waals surface area contributed by atoms with E-state index in [1.807, 2.05) is 24.3 Å². The molecule has 0 heteroatoms. The van der Waals surface area contributed by atoms with Crippen LogP contribution in [0.15, 0.2) is 60.8 Å². The Morgan fingerprint density at radius 3 is 1.31 bits per heavy atom. The molecule has 0 aliphatic heterocycles. The van der Waals surface area contributed by atoms with Crippen LogP contribution in [-0.2, 0) is 0 Å². The third kappa shape index (κ3) is 5.92. The van der Waals surface area contributed by atoms with E-state index >= 15 is 0 Å². The lowest BCUT2D eigenvalue weighted by molar-refractivity contribution is 0.868. The molecule has 0 saturated carbocycles. The Morgan fingerprint density at radius 1 is 0.462 bits per heavy atom. The highest BCUT2D eigenvalue weighted by Crippen LogP contribution is 1.99. The lowest BCUT2D eigenvalue weighted by Crippen LogP contribution is -1.67. The van der Waals surface area contributed by atoms with Crippen molar-refractivity contribution in [1.82, 2.24) is 0 Å². The fourth-order valence-electron chi connectivity index (χ4n) is 1.09. The van der Waals surface area contributed by atoms with Crippen LogP contribution in [0.4, 0.5) is 0 Å². The summed E-state index contributed by atoms with van der Waals surface area (Å²) in [6.45, 7) is 0. The van der Waals surface area contributed by atoms with Gasteiger partial charge in [0.1, 0.15) is 0 Å². The third-order valence-electron chi connectivity index (χ3n) is 1.79. The van der Waals surface area contributed by atoms with E-state index in [1.165, 1.54) is 19.3 Å². The summed E-state index contributed by atoms with van der Waals surface area (Å²) < 4.78 is 0. The maximum Gasteiger partial charge on any atom is -0.0345 e. The molecule has 1 aliphatic rings. The standard InChI is InChI=1S/C13H16/c1-2-4-6-8-10-12-13-11-9-7-5-3-1/h1-10H,11-13H2/b2-1?,5-3-,6-4?,9-7-,10-8+. The zero-order chi connectivity index (χ0) is 9.19. The van der Waals surface area contributed by atoms with E-state index in [0.717, 1.165) is 0 Å². The van der Waals surface area contributed by atoms with Crippen molar-refractivity contribution in [2.24, 2.45) is 0 Å². The van der Waals surface area contributed by atoms with Crippen LogP contribution >= 0.6 is 0 Å². The van der Waals surface area contributed by atoms with Gasteiger partial charge in [-0.05, 0) is 19.3 Å². The predicted octanol–water partition coefficient (Wildman–Crippen LogP) is 3.95. The zero-order valence-electron chi connectivity index (χ0n) is 7.89. The van der Waals surface area contributed by atoms with Gasteiger partial charge in [-0.25, -0.2) is 0 Å². The van der Waals surface area contributed by atoms with Gasteiger partial charge in [0.15, 0.2) is 0 Å². The Kier molecular flexibility index (Phi) is 5.54. The topological polar surface area (TPSA) is 0 Å². The Balaban J connectivity index is 2.51. The van der Waals surface area contributed by atoms with Gasteiger partial charge in [0.05, 0.1) is 0 Å². The lowest BCUT2D eigenvalue weighted by Gasteiger charge is -1.87. The monoisotopic (exact) mass is 172 g/mol. The summed E-state index contributed by atoms with van der Waals surface area (Å²) in [4.78, 5) is 0. The van der Waals surface area contributed by atoms with Crippen LogP contribution in [0.25, 0.3) is 0 Å². The minimum absolute atomic E-state index is 1.17. The van der Waals surface area contributed by atoms with Crippen molar-refractivity contribution < 1.29 is 0 Å². The molecule has 1 aliphatic carbocycles. The highest BCUT2D eigenvalue weighted by Gasteiger charge is 1.78. The van der Waals surface area contributed by atoms with Crippen LogP contribution in [0.3, 0.4) is 0 Å². The molecular formula is C13H16. The molecule has 0 aromatic rings. The Hall–Kier alpha value is -1.30. The minimum Gasteiger partial charge on any atom is -0.0845 e.